The summed E-state index contributed by atoms with van der Waals surface area (Å²) in [5.41, 5.74) is 8.32. The van der Waals surface area contributed by atoms with Crippen LogP contribution in [0.25, 0.3) is 11.2 Å². The molecule has 15 heavy (non-hydrogen) atoms. The molecule has 4 nitrogen and oxygen atoms in total. The van der Waals surface area contributed by atoms with Gasteiger partial charge in [0, 0.05) is 18.2 Å². The van der Waals surface area contributed by atoms with Gasteiger partial charge >= 0.3 is 0 Å². The molecule has 0 aromatic carbocycles. The first-order valence-corrected chi connectivity index (χ1v) is 5.06. The second-order valence-corrected chi connectivity index (χ2v) is 4.75. The molecule has 2 rings (SSSR count). The molecular formula is C11H16N4. The molecule has 4 heteroatoms. The number of hydrogen-bond acceptors (Lipinski definition) is 3. The van der Waals surface area contributed by atoms with E-state index in [1.165, 1.54) is 0 Å². The number of aromatic nitrogens is 3. The minimum atomic E-state index is 0.0174. The standard InChI is InChI=1S/C11H16N4/c1-11(2,3)10-14-8-4-7(5-12)6-13-9(8)15-10/h4,6H,5,12H2,1-3H3,(H,13,14,15). The first kappa shape index (κ1) is 10.1. The summed E-state index contributed by atoms with van der Waals surface area (Å²) in [6.07, 6.45) is 1.77. The Labute approximate surface area is 88.9 Å². The van der Waals surface area contributed by atoms with Crippen LogP contribution in [0.1, 0.15) is 32.2 Å². The van der Waals surface area contributed by atoms with E-state index in [0.717, 1.165) is 22.6 Å². The van der Waals surface area contributed by atoms with Crippen LogP contribution < -0.4 is 5.73 Å². The fourth-order valence-corrected chi connectivity index (χ4v) is 1.41. The summed E-state index contributed by atoms with van der Waals surface area (Å²) in [5.74, 6) is 0.958. The van der Waals surface area contributed by atoms with E-state index in [2.05, 4.69) is 35.7 Å². The van der Waals surface area contributed by atoms with Crippen molar-refractivity contribution in [3.8, 4) is 0 Å². The van der Waals surface area contributed by atoms with Crippen molar-refractivity contribution in [2.75, 3.05) is 0 Å². The van der Waals surface area contributed by atoms with E-state index in [4.69, 9.17) is 5.73 Å². The second-order valence-electron chi connectivity index (χ2n) is 4.75. The van der Waals surface area contributed by atoms with Crippen molar-refractivity contribution >= 4 is 11.2 Å². The monoisotopic (exact) mass is 204 g/mol. The number of aromatic amines is 1. The largest absolute Gasteiger partial charge is 0.340 e. The van der Waals surface area contributed by atoms with E-state index in [1.54, 1.807) is 6.20 Å². The van der Waals surface area contributed by atoms with Gasteiger partial charge in [0.05, 0.1) is 5.52 Å². The number of nitrogens with two attached hydrogens (primary N) is 1. The molecule has 0 saturated carbocycles. The molecule has 2 aromatic rings. The highest BCUT2D eigenvalue weighted by Crippen LogP contribution is 2.21. The third-order valence-electron chi connectivity index (χ3n) is 2.34. The molecule has 80 valence electrons. The lowest BCUT2D eigenvalue weighted by Crippen LogP contribution is -2.12. The van der Waals surface area contributed by atoms with Gasteiger partial charge in [0.15, 0.2) is 5.65 Å². The van der Waals surface area contributed by atoms with Gasteiger partial charge in [0.2, 0.25) is 0 Å². The first-order valence-electron chi connectivity index (χ1n) is 5.06. The lowest BCUT2D eigenvalue weighted by molar-refractivity contribution is 0.554. The van der Waals surface area contributed by atoms with E-state index in [1.807, 2.05) is 6.07 Å². The van der Waals surface area contributed by atoms with Gasteiger partial charge in [0.25, 0.3) is 0 Å². The zero-order valence-corrected chi connectivity index (χ0v) is 9.33. The number of imidazole rings is 1. The summed E-state index contributed by atoms with van der Waals surface area (Å²) in [7, 11) is 0. The molecule has 2 aromatic heterocycles. The van der Waals surface area contributed by atoms with Crippen molar-refractivity contribution < 1.29 is 0 Å². The molecule has 0 fully saturated rings. The van der Waals surface area contributed by atoms with Crippen LogP contribution in [0, 0.1) is 0 Å². The van der Waals surface area contributed by atoms with Gasteiger partial charge in [-0.05, 0) is 11.6 Å². The first-order chi connectivity index (χ1) is 7.00. The molecule has 0 atom stereocenters. The van der Waals surface area contributed by atoms with E-state index in [0.29, 0.717) is 6.54 Å². The number of rotatable bonds is 1. The highest BCUT2D eigenvalue weighted by Gasteiger charge is 2.18. The van der Waals surface area contributed by atoms with Gasteiger partial charge in [0.1, 0.15) is 5.82 Å². The summed E-state index contributed by atoms with van der Waals surface area (Å²) in [4.78, 5) is 12.0. The molecule has 0 amide bonds. The smallest absolute Gasteiger partial charge is 0.177 e. The van der Waals surface area contributed by atoms with Gasteiger partial charge in [-0.1, -0.05) is 20.8 Å². The van der Waals surface area contributed by atoms with Crippen LogP contribution in [0.5, 0.6) is 0 Å². The predicted octanol–water partition coefficient (Wildman–Crippen LogP) is 1.71. The third kappa shape index (κ3) is 1.85. The van der Waals surface area contributed by atoms with E-state index < -0.39 is 0 Å². The highest BCUT2D eigenvalue weighted by molar-refractivity contribution is 5.71. The topological polar surface area (TPSA) is 67.6 Å². The maximum atomic E-state index is 5.56. The molecule has 0 aliphatic rings. The molecule has 0 saturated heterocycles. The summed E-state index contributed by atoms with van der Waals surface area (Å²) in [6.45, 7) is 6.87. The Morgan fingerprint density at radius 2 is 2.13 bits per heavy atom. The summed E-state index contributed by atoms with van der Waals surface area (Å²) in [6, 6.07) is 2.00. The lowest BCUT2D eigenvalue weighted by atomic mass is 9.96. The van der Waals surface area contributed by atoms with Crippen LogP contribution >= 0.6 is 0 Å². The highest BCUT2D eigenvalue weighted by atomic mass is 15.0. The van der Waals surface area contributed by atoms with Gasteiger partial charge in [-0.15, -0.1) is 0 Å². The van der Waals surface area contributed by atoms with Crippen molar-refractivity contribution in [3.63, 3.8) is 0 Å². The van der Waals surface area contributed by atoms with Crippen LogP contribution in [0.15, 0.2) is 12.3 Å². The van der Waals surface area contributed by atoms with Crippen molar-refractivity contribution in [2.45, 2.75) is 32.7 Å². The van der Waals surface area contributed by atoms with Gasteiger partial charge < -0.3 is 10.7 Å². The van der Waals surface area contributed by atoms with E-state index in [-0.39, 0.29) is 5.41 Å². The van der Waals surface area contributed by atoms with Crippen molar-refractivity contribution in [1.29, 1.82) is 0 Å². The summed E-state index contributed by atoms with van der Waals surface area (Å²) in [5, 5.41) is 0. The van der Waals surface area contributed by atoms with Gasteiger partial charge in [-0.25, -0.2) is 9.97 Å². The molecule has 3 N–H and O–H groups in total. The second kappa shape index (κ2) is 3.31. The molecule has 0 bridgehead atoms. The Bertz CT molecular complexity index is 479. The number of pyridine rings is 1. The fraction of sp³-hybridized carbons (Fsp3) is 0.455. The Balaban J connectivity index is 2.56. The summed E-state index contributed by atoms with van der Waals surface area (Å²) < 4.78 is 0. The van der Waals surface area contributed by atoms with Gasteiger partial charge in [-0.3, -0.25) is 0 Å². The number of H-pyrrole nitrogens is 1. The Hall–Kier alpha value is -1.42. The average Bonchev–Trinajstić information content (AvgIpc) is 2.59. The van der Waals surface area contributed by atoms with Crippen LogP contribution in [0.3, 0.4) is 0 Å². The molecular weight excluding hydrogens is 188 g/mol. The predicted molar refractivity (Wildman–Crippen MR) is 60.5 cm³/mol. The molecule has 2 heterocycles. The molecule has 0 unspecified atom stereocenters. The number of fused-ring (bicyclic) bond motifs is 1. The Morgan fingerprint density at radius 1 is 1.40 bits per heavy atom. The maximum Gasteiger partial charge on any atom is 0.177 e. The Kier molecular flexibility index (Phi) is 2.23. The van der Waals surface area contributed by atoms with Crippen LogP contribution in [0.2, 0.25) is 0 Å². The van der Waals surface area contributed by atoms with Crippen LogP contribution in [-0.4, -0.2) is 15.0 Å². The molecule has 0 radical (unpaired) electrons. The third-order valence-corrected chi connectivity index (χ3v) is 2.34. The van der Waals surface area contributed by atoms with E-state index in [9.17, 15) is 0 Å². The van der Waals surface area contributed by atoms with Crippen LogP contribution in [0.4, 0.5) is 0 Å². The normalized spacial score (nSPS) is 12.3. The lowest BCUT2D eigenvalue weighted by Gasteiger charge is -2.13. The van der Waals surface area contributed by atoms with Crippen molar-refractivity contribution in [3.05, 3.63) is 23.7 Å². The minimum absolute atomic E-state index is 0.0174. The molecule has 0 aliphatic heterocycles. The van der Waals surface area contributed by atoms with Gasteiger partial charge in [-0.2, -0.15) is 0 Å². The van der Waals surface area contributed by atoms with E-state index >= 15 is 0 Å². The SMILES string of the molecule is CC(C)(C)c1nc2ncc(CN)cc2[nH]1. The average molecular weight is 204 g/mol. The molecule has 0 aliphatic carbocycles. The summed E-state index contributed by atoms with van der Waals surface area (Å²) >= 11 is 0. The maximum absolute atomic E-state index is 5.56. The number of nitrogens with zero attached hydrogens (tertiary/aromatic N) is 2. The number of nitrogens with one attached hydrogen (secondary N) is 1. The van der Waals surface area contributed by atoms with Crippen LogP contribution in [-0.2, 0) is 12.0 Å². The number of hydrogen-bond donors (Lipinski definition) is 2. The Morgan fingerprint density at radius 3 is 2.73 bits per heavy atom. The van der Waals surface area contributed by atoms with Crippen molar-refractivity contribution in [1.82, 2.24) is 15.0 Å². The minimum Gasteiger partial charge on any atom is -0.340 e. The quantitative estimate of drug-likeness (QED) is 0.743. The zero-order chi connectivity index (χ0) is 11.1. The fourth-order valence-electron chi connectivity index (χ4n) is 1.41. The van der Waals surface area contributed by atoms with Crippen molar-refractivity contribution in [2.24, 2.45) is 5.73 Å². The zero-order valence-electron chi connectivity index (χ0n) is 9.33. The molecule has 0 spiro atoms.